The number of hydrogen-bond acceptors (Lipinski definition) is 2. The topological polar surface area (TPSA) is 41.6 Å². The summed E-state index contributed by atoms with van der Waals surface area (Å²) in [7, 11) is 0. The quantitative estimate of drug-likeness (QED) is 0.867. The Morgan fingerprint density at radius 1 is 1.33 bits per heavy atom. The molecule has 1 N–H and O–H groups in total. The Balaban J connectivity index is 2.01. The average molecular weight is 311 g/mol. The SMILES string of the molecule is Ic1ccncc1-c1ncc(C2CC2)[nH]1. The molecule has 0 radical (unpaired) electrons. The Bertz CT molecular complexity index is 488. The third kappa shape index (κ3) is 1.78. The lowest BCUT2D eigenvalue weighted by Crippen LogP contribution is -1.87. The molecule has 1 aliphatic carbocycles. The summed E-state index contributed by atoms with van der Waals surface area (Å²) in [5.41, 5.74) is 2.36. The van der Waals surface area contributed by atoms with Crippen LogP contribution in [0.25, 0.3) is 11.4 Å². The average Bonchev–Trinajstić information content (AvgIpc) is 2.99. The molecule has 1 fully saturated rings. The summed E-state index contributed by atoms with van der Waals surface area (Å²) in [4.78, 5) is 11.9. The van der Waals surface area contributed by atoms with Gasteiger partial charge in [0.2, 0.25) is 0 Å². The molecule has 1 saturated carbocycles. The molecule has 0 aromatic carbocycles. The molecule has 0 amide bonds. The third-order valence-corrected chi connectivity index (χ3v) is 3.58. The minimum Gasteiger partial charge on any atom is -0.342 e. The van der Waals surface area contributed by atoms with Crippen LogP contribution in [-0.2, 0) is 0 Å². The lowest BCUT2D eigenvalue weighted by molar-refractivity contribution is 1.05. The monoisotopic (exact) mass is 311 g/mol. The number of pyridine rings is 1. The molecule has 0 atom stereocenters. The van der Waals surface area contributed by atoms with Crippen molar-refractivity contribution in [3.63, 3.8) is 0 Å². The highest BCUT2D eigenvalue weighted by Gasteiger charge is 2.25. The van der Waals surface area contributed by atoms with Crippen LogP contribution in [0.5, 0.6) is 0 Å². The molecule has 0 bridgehead atoms. The minimum absolute atomic E-state index is 0.723. The fourth-order valence-corrected chi connectivity index (χ4v) is 2.18. The summed E-state index contributed by atoms with van der Waals surface area (Å²) >= 11 is 2.31. The van der Waals surface area contributed by atoms with Crippen molar-refractivity contribution in [3.05, 3.63) is 33.9 Å². The number of rotatable bonds is 2. The van der Waals surface area contributed by atoms with Gasteiger partial charge in [-0.1, -0.05) is 0 Å². The molecule has 15 heavy (non-hydrogen) atoms. The number of hydrogen-bond donors (Lipinski definition) is 1. The van der Waals surface area contributed by atoms with Gasteiger partial charge in [0.05, 0.1) is 0 Å². The first-order valence-electron chi connectivity index (χ1n) is 4.99. The first-order valence-corrected chi connectivity index (χ1v) is 6.07. The lowest BCUT2D eigenvalue weighted by atomic mass is 10.3. The van der Waals surface area contributed by atoms with E-state index in [1.54, 1.807) is 6.20 Å². The van der Waals surface area contributed by atoms with E-state index in [4.69, 9.17) is 0 Å². The Hall–Kier alpha value is -0.910. The maximum atomic E-state index is 4.41. The number of aromatic nitrogens is 3. The van der Waals surface area contributed by atoms with Crippen molar-refractivity contribution >= 4 is 22.6 Å². The van der Waals surface area contributed by atoms with Crippen molar-refractivity contribution in [1.29, 1.82) is 0 Å². The van der Waals surface area contributed by atoms with E-state index < -0.39 is 0 Å². The van der Waals surface area contributed by atoms with E-state index in [2.05, 4.69) is 37.5 Å². The number of aromatic amines is 1. The van der Waals surface area contributed by atoms with Gasteiger partial charge in [-0.3, -0.25) is 4.98 Å². The summed E-state index contributed by atoms with van der Waals surface area (Å²) in [5, 5.41) is 0. The summed E-state index contributed by atoms with van der Waals surface area (Å²) in [6, 6.07) is 2.00. The summed E-state index contributed by atoms with van der Waals surface area (Å²) < 4.78 is 1.18. The molecule has 0 spiro atoms. The molecule has 2 aromatic heterocycles. The molecule has 76 valence electrons. The van der Waals surface area contributed by atoms with E-state index in [0.717, 1.165) is 17.3 Å². The van der Waals surface area contributed by atoms with Crippen LogP contribution in [0.15, 0.2) is 24.7 Å². The van der Waals surface area contributed by atoms with E-state index in [1.807, 2.05) is 18.5 Å². The molecule has 0 aliphatic heterocycles. The highest BCUT2D eigenvalue weighted by molar-refractivity contribution is 14.1. The molecule has 3 nitrogen and oxygen atoms in total. The second-order valence-electron chi connectivity index (χ2n) is 3.82. The Kier molecular flexibility index (Phi) is 2.23. The number of nitrogens with zero attached hydrogens (tertiary/aromatic N) is 2. The predicted molar refractivity (Wildman–Crippen MR) is 66.5 cm³/mol. The maximum Gasteiger partial charge on any atom is 0.140 e. The Labute approximate surface area is 101 Å². The van der Waals surface area contributed by atoms with Gasteiger partial charge in [-0.15, -0.1) is 0 Å². The molecule has 4 heteroatoms. The van der Waals surface area contributed by atoms with E-state index in [9.17, 15) is 0 Å². The fraction of sp³-hybridized carbons (Fsp3) is 0.273. The van der Waals surface area contributed by atoms with Crippen molar-refractivity contribution in [3.8, 4) is 11.4 Å². The van der Waals surface area contributed by atoms with Crippen LogP contribution < -0.4 is 0 Å². The van der Waals surface area contributed by atoms with Gasteiger partial charge in [0.25, 0.3) is 0 Å². The van der Waals surface area contributed by atoms with Crippen LogP contribution in [0.2, 0.25) is 0 Å². The van der Waals surface area contributed by atoms with Crippen molar-refractivity contribution in [2.24, 2.45) is 0 Å². The largest absolute Gasteiger partial charge is 0.342 e. The van der Waals surface area contributed by atoms with Crippen molar-refractivity contribution in [2.45, 2.75) is 18.8 Å². The van der Waals surface area contributed by atoms with Crippen molar-refractivity contribution in [1.82, 2.24) is 15.0 Å². The number of nitrogens with one attached hydrogen (secondary N) is 1. The van der Waals surface area contributed by atoms with Crippen LogP contribution in [0.3, 0.4) is 0 Å². The predicted octanol–water partition coefficient (Wildman–Crippen LogP) is 2.95. The molecule has 3 rings (SSSR count). The van der Waals surface area contributed by atoms with E-state index in [0.29, 0.717) is 0 Å². The van der Waals surface area contributed by atoms with Crippen molar-refractivity contribution in [2.75, 3.05) is 0 Å². The van der Waals surface area contributed by atoms with E-state index in [1.165, 1.54) is 22.1 Å². The second kappa shape index (κ2) is 3.59. The molecule has 0 unspecified atom stereocenters. The van der Waals surface area contributed by atoms with Crippen LogP contribution in [0, 0.1) is 3.57 Å². The standard InChI is InChI=1S/C11H10IN3/c12-9-3-4-13-5-8(9)11-14-6-10(15-11)7-1-2-7/h3-7H,1-2H2,(H,14,15). The zero-order valence-electron chi connectivity index (χ0n) is 8.07. The number of halogens is 1. The van der Waals surface area contributed by atoms with Gasteiger partial charge in [-0.2, -0.15) is 0 Å². The van der Waals surface area contributed by atoms with E-state index >= 15 is 0 Å². The molecular weight excluding hydrogens is 301 g/mol. The number of imidazole rings is 1. The first-order chi connectivity index (χ1) is 7.34. The third-order valence-electron chi connectivity index (χ3n) is 2.64. The summed E-state index contributed by atoms with van der Waals surface area (Å²) in [6.07, 6.45) is 8.21. The molecule has 2 heterocycles. The summed E-state index contributed by atoms with van der Waals surface area (Å²) in [6.45, 7) is 0. The van der Waals surface area contributed by atoms with Gasteiger partial charge < -0.3 is 4.98 Å². The van der Waals surface area contributed by atoms with E-state index in [-0.39, 0.29) is 0 Å². The highest BCUT2D eigenvalue weighted by Crippen LogP contribution is 2.39. The first kappa shape index (κ1) is 9.33. The molecular formula is C11H10IN3. The van der Waals surface area contributed by atoms with Crippen LogP contribution in [0.1, 0.15) is 24.5 Å². The van der Waals surface area contributed by atoms with Gasteiger partial charge >= 0.3 is 0 Å². The Morgan fingerprint density at radius 2 is 2.20 bits per heavy atom. The van der Waals surface area contributed by atoms with Gasteiger partial charge in [-0.25, -0.2) is 4.98 Å². The lowest BCUT2D eigenvalue weighted by Gasteiger charge is -1.98. The van der Waals surface area contributed by atoms with Gasteiger partial charge in [0, 0.05) is 39.3 Å². The highest BCUT2D eigenvalue weighted by atomic mass is 127. The van der Waals surface area contributed by atoms with Crippen LogP contribution in [0.4, 0.5) is 0 Å². The molecule has 2 aromatic rings. The number of H-pyrrole nitrogens is 1. The van der Waals surface area contributed by atoms with Crippen molar-refractivity contribution < 1.29 is 0 Å². The van der Waals surface area contributed by atoms with Gasteiger partial charge in [0.15, 0.2) is 0 Å². The smallest absolute Gasteiger partial charge is 0.140 e. The minimum atomic E-state index is 0.723. The zero-order chi connectivity index (χ0) is 10.3. The van der Waals surface area contributed by atoms with Gasteiger partial charge in [0.1, 0.15) is 5.82 Å². The molecule has 0 saturated heterocycles. The molecule has 1 aliphatic rings. The Morgan fingerprint density at radius 3 is 2.93 bits per heavy atom. The maximum absolute atomic E-state index is 4.41. The fourth-order valence-electron chi connectivity index (χ4n) is 1.63. The summed E-state index contributed by atoms with van der Waals surface area (Å²) in [5.74, 6) is 1.66. The second-order valence-corrected chi connectivity index (χ2v) is 4.98. The van der Waals surface area contributed by atoms with Crippen LogP contribution >= 0.6 is 22.6 Å². The van der Waals surface area contributed by atoms with Crippen LogP contribution in [-0.4, -0.2) is 15.0 Å². The zero-order valence-corrected chi connectivity index (χ0v) is 10.2. The normalized spacial score (nSPS) is 15.5. The van der Waals surface area contributed by atoms with Gasteiger partial charge in [-0.05, 0) is 41.5 Å².